The van der Waals surface area contributed by atoms with Gasteiger partial charge in [-0.15, -0.1) is 0 Å². The fourth-order valence-electron chi connectivity index (χ4n) is 1.19. The smallest absolute Gasteiger partial charge is 0.419 e. The Balaban J connectivity index is 3.27. The number of carbonyl (C=O) groups is 1. The van der Waals surface area contributed by atoms with Crippen LogP contribution in [0.15, 0.2) is 18.2 Å². The summed E-state index contributed by atoms with van der Waals surface area (Å²) >= 11 is 0. The molecule has 0 saturated heterocycles. The average molecular weight is 233 g/mol. The molecule has 0 saturated carbocycles. The molecule has 0 aliphatic carbocycles. The van der Waals surface area contributed by atoms with E-state index in [-0.39, 0.29) is 17.9 Å². The molecule has 0 heterocycles. The average Bonchev–Trinajstić information content (AvgIpc) is 2.16. The Morgan fingerprint density at radius 3 is 2.50 bits per heavy atom. The Kier molecular flexibility index (Phi) is 3.41. The first-order valence-electron chi connectivity index (χ1n) is 4.50. The van der Waals surface area contributed by atoms with Gasteiger partial charge in [0, 0.05) is 5.56 Å². The molecule has 16 heavy (non-hydrogen) atoms. The van der Waals surface area contributed by atoms with Crippen LogP contribution >= 0.6 is 0 Å². The van der Waals surface area contributed by atoms with E-state index in [0.717, 1.165) is 6.07 Å². The van der Waals surface area contributed by atoms with Crippen molar-refractivity contribution < 1.29 is 22.7 Å². The van der Waals surface area contributed by atoms with E-state index in [4.69, 9.17) is 10.5 Å². The molecule has 3 nitrogen and oxygen atoms in total. The van der Waals surface area contributed by atoms with Gasteiger partial charge in [0.1, 0.15) is 5.75 Å². The zero-order valence-electron chi connectivity index (χ0n) is 8.47. The van der Waals surface area contributed by atoms with Crippen LogP contribution in [0.4, 0.5) is 13.2 Å². The van der Waals surface area contributed by atoms with Crippen LogP contribution in [0.2, 0.25) is 0 Å². The molecule has 0 aromatic heterocycles. The molecule has 88 valence electrons. The number of ether oxygens (including phenoxy) is 1. The van der Waals surface area contributed by atoms with Gasteiger partial charge in [-0.3, -0.25) is 4.79 Å². The fraction of sp³-hybridized carbons (Fsp3) is 0.300. The van der Waals surface area contributed by atoms with Crippen molar-refractivity contribution in [1.82, 2.24) is 0 Å². The van der Waals surface area contributed by atoms with Gasteiger partial charge in [-0.1, -0.05) is 0 Å². The molecule has 0 aliphatic heterocycles. The van der Waals surface area contributed by atoms with E-state index in [1.54, 1.807) is 6.92 Å². The predicted molar refractivity (Wildman–Crippen MR) is 51.1 cm³/mol. The van der Waals surface area contributed by atoms with Gasteiger partial charge in [0.05, 0.1) is 12.2 Å². The van der Waals surface area contributed by atoms with Crippen LogP contribution in [0.1, 0.15) is 22.8 Å². The Hall–Kier alpha value is -1.72. The summed E-state index contributed by atoms with van der Waals surface area (Å²) in [6, 6.07) is 2.97. The third-order valence-electron chi connectivity index (χ3n) is 1.87. The minimum absolute atomic E-state index is 0.110. The van der Waals surface area contributed by atoms with Crippen molar-refractivity contribution >= 4 is 5.91 Å². The Morgan fingerprint density at radius 1 is 1.44 bits per heavy atom. The van der Waals surface area contributed by atoms with Gasteiger partial charge in [-0.25, -0.2) is 0 Å². The van der Waals surface area contributed by atoms with Crippen molar-refractivity contribution in [2.75, 3.05) is 6.61 Å². The van der Waals surface area contributed by atoms with Crippen molar-refractivity contribution in [3.8, 4) is 5.75 Å². The Labute approximate surface area is 90.0 Å². The molecule has 1 amide bonds. The van der Waals surface area contributed by atoms with Gasteiger partial charge in [-0.05, 0) is 25.1 Å². The predicted octanol–water partition coefficient (Wildman–Crippen LogP) is 2.20. The fourth-order valence-corrected chi connectivity index (χ4v) is 1.19. The van der Waals surface area contributed by atoms with Gasteiger partial charge in [-0.2, -0.15) is 13.2 Å². The highest BCUT2D eigenvalue weighted by Gasteiger charge is 2.34. The minimum Gasteiger partial charge on any atom is -0.493 e. The number of hydrogen-bond donors (Lipinski definition) is 1. The van der Waals surface area contributed by atoms with Crippen LogP contribution in [0.3, 0.4) is 0 Å². The maximum atomic E-state index is 12.6. The van der Waals surface area contributed by atoms with Crippen LogP contribution in [0, 0.1) is 0 Å². The Bertz CT molecular complexity index is 402. The largest absolute Gasteiger partial charge is 0.493 e. The highest BCUT2D eigenvalue weighted by molar-refractivity contribution is 5.93. The number of alkyl halides is 3. The molecule has 0 spiro atoms. The van der Waals surface area contributed by atoms with E-state index >= 15 is 0 Å². The Morgan fingerprint density at radius 2 is 2.06 bits per heavy atom. The van der Waals surface area contributed by atoms with E-state index in [0.29, 0.717) is 6.07 Å². The van der Waals surface area contributed by atoms with Crippen LogP contribution in [0.25, 0.3) is 0 Å². The van der Waals surface area contributed by atoms with E-state index in [9.17, 15) is 18.0 Å². The number of hydrogen-bond acceptors (Lipinski definition) is 2. The standard InChI is InChI=1S/C10H10F3NO2/c1-2-16-8-4-3-6(9(14)15)5-7(8)10(11,12)13/h3-5H,2H2,1H3,(H2,14,15). The van der Waals surface area contributed by atoms with E-state index < -0.39 is 17.6 Å². The monoisotopic (exact) mass is 233 g/mol. The highest BCUT2D eigenvalue weighted by Crippen LogP contribution is 2.36. The molecule has 1 aromatic rings. The summed E-state index contributed by atoms with van der Waals surface area (Å²) in [5.41, 5.74) is 3.71. The van der Waals surface area contributed by atoms with Crippen molar-refractivity contribution in [2.45, 2.75) is 13.1 Å². The summed E-state index contributed by atoms with van der Waals surface area (Å²) in [4.78, 5) is 10.8. The molecular weight excluding hydrogens is 223 g/mol. The summed E-state index contributed by atoms with van der Waals surface area (Å²) in [5, 5.41) is 0. The molecule has 0 atom stereocenters. The quantitative estimate of drug-likeness (QED) is 0.870. The molecule has 2 N–H and O–H groups in total. The second-order valence-electron chi connectivity index (χ2n) is 3.01. The van der Waals surface area contributed by atoms with Gasteiger partial charge in [0.25, 0.3) is 0 Å². The molecule has 0 radical (unpaired) electrons. The molecule has 6 heteroatoms. The molecule has 1 rings (SSSR count). The third-order valence-corrected chi connectivity index (χ3v) is 1.87. The van der Waals surface area contributed by atoms with Gasteiger partial charge >= 0.3 is 6.18 Å². The first-order chi connectivity index (χ1) is 7.36. The number of benzene rings is 1. The number of primary amides is 1. The van der Waals surface area contributed by atoms with Crippen LogP contribution in [0.5, 0.6) is 5.75 Å². The molecular formula is C10H10F3NO2. The summed E-state index contributed by atoms with van der Waals surface area (Å²) in [7, 11) is 0. The topological polar surface area (TPSA) is 52.3 Å². The highest BCUT2D eigenvalue weighted by atomic mass is 19.4. The normalized spacial score (nSPS) is 11.2. The zero-order chi connectivity index (χ0) is 12.3. The maximum absolute atomic E-state index is 12.6. The lowest BCUT2D eigenvalue weighted by Gasteiger charge is -2.13. The summed E-state index contributed by atoms with van der Waals surface area (Å²) in [6.45, 7) is 1.68. The lowest BCUT2D eigenvalue weighted by atomic mass is 10.1. The molecule has 0 unspecified atom stereocenters. The number of halogens is 3. The second kappa shape index (κ2) is 4.42. The number of rotatable bonds is 3. The van der Waals surface area contributed by atoms with E-state index in [2.05, 4.69) is 0 Å². The molecule has 0 fully saturated rings. The minimum atomic E-state index is -4.57. The molecule has 0 bridgehead atoms. The number of amides is 1. The van der Waals surface area contributed by atoms with Gasteiger partial charge < -0.3 is 10.5 Å². The maximum Gasteiger partial charge on any atom is 0.419 e. The third kappa shape index (κ3) is 2.65. The summed E-state index contributed by atoms with van der Waals surface area (Å²) < 4.78 is 42.6. The SMILES string of the molecule is CCOc1ccc(C(N)=O)cc1C(F)(F)F. The van der Waals surface area contributed by atoms with Crippen LogP contribution in [-0.2, 0) is 6.18 Å². The summed E-state index contributed by atoms with van der Waals surface area (Å²) in [5.74, 6) is -1.21. The summed E-state index contributed by atoms with van der Waals surface area (Å²) in [6.07, 6.45) is -4.57. The van der Waals surface area contributed by atoms with Crippen molar-refractivity contribution in [3.63, 3.8) is 0 Å². The van der Waals surface area contributed by atoms with Gasteiger partial charge in [0.2, 0.25) is 5.91 Å². The van der Waals surface area contributed by atoms with Crippen LogP contribution in [-0.4, -0.2) is 12.5 Å². The molecule has 0 aliphatic rings. The molecule has 1 aromatic carbocycles. The van der Waals surface area contributed by atoms with Crippen molar-refractivity contribution in [2.24, 2.45) is 5.73 Å². The van der Waals surface area contributed by atoms with E-state index in [1.165, 1.54) is 6.07 Å². The first kappa shape index (κ1) is 12.4. The van der Waals surface area contributed by atoms with Gasteiger partial charge in [0.15, 0.2) is 0 Å². The second-order valence-corrected chi connectivity index (χ2v) is 3.01. The number of carbonyl (C=O) groups excluding carboxylic acids is 1. The van der Waals surface area contributed by atoms with Crippen LogP contribution < -0.4 is 10.5 Å². The number of nitrogens with two attached hydrogens (primary N) is 1. The lowest BCUT2D eigenvalue weighted by Crippen LogP contribution is -2.14. The van der Waals surface area contributed by atoms with Crippen molar-refractivity contribution in [1.29, 1.82) is 0 Å². The zero-order valence-corrected chi connectivity index (χ0v) is 8.47. The lowest BCUT2D eigenvalue weighted by molar-refractivity contribution is -0.138. The van der Waals surface area contributed by atoms with Crippen molar-refractivity contribution in [3.05, 3.63) is 29.3 Å². The first-order valence-corrected chi connectivity index (χ1v) is 4.50. The van der Waals surface area contributed by atoms with E-state index in [1.807, 2.05) is 0 Å².